The Morgan fingerprint density at radius 1 is 1.37 bits per heavy atom. The third kappa shape index (κ3) is 3.97. The lowest BCUT2D eigenvalue weighted by Gasteiger charge is -2.08. The highest BCUT2D eigenvalue weighted by molar-refractivity contribution is 7.15. The quantitative estimate of drug-likeness (QED) is 0.658. The standard InChI is InChI=1S/C17H12ClN5O3S/c1-26-17(25)15-11(10-4-2-3-5-12(10)18)8-27-16(15)21-14(24)7-23-9-20-13(6-19)22-23/h2-5,8-9H,7H2,1H3,(H,21,24). The normalized spacial score (nSPS) is 10.3. The molecule has 2 heterocycles. The maximum Gasteiger partial charge on any atom is 0.341 e. The molecule has 0 saturated heterocycles. The Bertz CT molecular complexity index is 1050. The first-order valence-corrected chi connectivity index (χ1v) is 8.83. The van der Waals surface area contributed by atoms with Gasteiger partial charge in [-0.25, -0.2) is 14.5 Å². The van der Waals surface area contributed by atoms with Crippen LogP contribution in [-0.2, 0) is 16.1 Å². The molecule has 8 nitrogen and oxygen atoms in total. The molecule has 0 spiro atoms. The van der Waals surface area contributed by atoms with Crippen LogP contribution in [0.5, 0.6) is 0 Å². The topological polar surface area (TPSA) is 110 Å². The highest BCUT2D eigenvalue weighted by atomic mass is 35.5. The van der Waals surface area contributed by atoms with Crippen LogP contribution in [0.3, 0.4) is 0 Å². The van der Waals surface area contributed by atoms with Crippen molar-refractivity contribution in [1.29, 1.82) is 5.26 Å². The van der Waals surface area contributed by atoms with Crippen LogP contribution in [0, 0.1) is 11.3 Å². The van der Waals surface area contributed by atoms with Crippen LogP contribution in [0.4, 0.5) is 5.00 Å². The molecule has 2 aromatic heterocycles. The summed E-state index contributed by atoms with van der Waals surface area (Å²) in [7, 11) is 1.26. The maximum atomic E-state index is 12.3. The number of carbonyl (C=O) groups excluding carboxylic acids is 2. The van der Waals surface area contributed by atoms with Gasteiger partial charge in [-0.3, -0.25) is 4.79 Å². The van der Waals surface area contributed by atoms with E-state index < -0.39 is 11.9 Å². The molecule has 0 aliphatic heterocycles. The lowest BCUT2D eigenvalue weighted by molar-refractivity contribution is -0.116. The second-order valence-corrected chi connectivity index (χ2v) is 6.54. The molecule has 0 atom stereocenters. The molecule has 0 radical (unpaired) electrons. The molecule has 1 amide bonds. The van der Waals surface area contributed by atoms with Gasteiger partial charge in [-0.1, -0.05) is 29.8 Å². The fourth-order valence-corrected chi connectivity index (χ4v) is 3.57. The summed E-state index contributed by atoms with van der Waals surface area (Å²) < 4.78 is 6.10. The summed E-state index contributed by atoms with van der Waals surface area (Å²) in [6, 6.07) is 8.86. The van der Waals surface area contributed by atoms with Crippen molar-refractivity contribution in [2.75, 3.05) is 12.4 Å². The first-order valence-electron chi connectivity index (χ1n) is 7.57. The average molecular weight is 402 g/mol. The minimum atomic E-state index is -0.589. The third-order valence-electron chi connectivity index (χ3n) is 3.54. The first-order chi connectivity index (χ1) is 13.0. The van der Waals surface area contributed by atoms with Crippen molar-refractivity contribution < 1.29 is 14.3 Å². The lowest BCUT2D eigenvalue weighted by Crippen LogP contribution is -2.20. The summed E-state index contributed by atoms with van der Waals surface area (Å²) in [6.45, 7) is -0.158. The van der Waals surface area contributed by atoms with E-state index in [1.807, 2.05) is 0 Å². The third-order valence-corrected chi connectivity index (χ3v) is 4.76. The van der Waals surface area contributed by atoms with Gasteiger partial charge < -0.3 is 10.1 Å². The van der Waals surface area contributed by atoms with E-state index >= 15 is 0 Å². The van der Waals surface area contributed by atoms with E-state index in [-0.39, 0.29) is 17.9 Å². The summed E-state index contributed by atoms with van der Waals surface area (Å²) in [5, 5.41) is 17.8. The van der Waals surface area contributed by atoms with Crippen molar-refractivity contribution in [2.45, 2.75) is 6.54 Å². The van der Waals surface area contributed by atoms with Crippen LogP contribution in [0.2, 0.25) is 5.02 Å². The summed E-state index contributed by atoms with van der Waals surface area (Å²) in [6.07, 6.45) is 1.28. The van der Waals surface area contributed by atoms with Gasteiger partial charge in [0.05, 0.1) is 7.11 Å². The van der Waals surface area contributed by atoms with E-state index in [4.69, 9.17) is 21.6 Å². The molecule has 0 aliphatic rings. The lowest BCUT2D eigenvalue weighted by atomic mass is 10.0. The fraction of sp³-hybridized carbons (Fsp3) is 0.118. The van der Waals surface area contributed by atoms with E-state index in [1.165, 1.54) is 29.5 Å². The highest BCUT2D eigenvalue weighted by Crippen LogP contribution is 2.39. The molecular formula is C17H12ClN5O3S. The number of carbonyl (C=O) groups is 2. The van der Waals surface area contributed by atoms with E-state index in [2.05, 4.69) is 15.4 Å². The summed E-state index contributed by atoms with van der Waals surface area (Å²) in [4.78, 5) is 28.3. The number of hydrogen-bond donors (Lipinski definition) is 1. The van der Waals surface area contributed by atoms with Gasteiger partial charge in [-0.15, -0.1) is 16.4 Å². The zero-order chi connectivity index (χ0) is 19.4. The van der Waals surface area contributed by atoms with Crippen molar-refractivity contribution in [3.63, 3.8) is 0 Å². The number of methoxy groups -OCH3 is 1. The van der Waals surface area contributed by atoms with Gasteiger partial charge in [0, 0.05) is 21.5 Å². The number of esters is 1. The van der Waals surface area contributed by atoms with Gasteiger partial charge in [0.25, 0.3) is 5.82 Å². The number of benzene rings is 1. The summed E-state index contributed by atoms with van der Waals surface area (Å²) >= 11 is 7.42. The van der Waals surface area contributed by atoms with Crippen LogP contribution < -0.4 is 5.32 Å². The van der Waals surface area contributed by atoms with Gasteiger partial charge in [0.1, 0.15) is 29.5 Å². The number of nitrogens with zero attached hydrogens (tertiary/aromatic N) is 4. The number of nitriles is 1. The zero-order valence-corrected chi connectivity index (χ0v) is 15.5. The molecule has 0 saturated carbocycles. The number of thiophene rings is 1. The fourth-order valence-electron chi connectivity index (χ4n) is 2.37. The van der Waals surface area contributed by atoms with E-state index in [0.29, 0.717) is 21.2 Å². The Labute approximate surface area is 163 Å². The minimum Gasteiger partial charge on any atom is -0.465 e. The van der Waals surface area contributed by atoms with Crippen molar-refractivity contribution in [2.24, 2.45) is 0 Å². The molecule has 10 heteroatoms. The van der Waals surface area contributed by atoms with Crippen molar-refractivity contribution in [3.05, 3.63) is 52.4 Å². The molecule has 0 bridgehead atoms. The minimum absolute atomic E-state index is 0.0322. The molecule has 1 N–H and O–H groups in total. The number of rotatable bonds is 5. The second-order valence-electron chi connectivity index (χ2n) is 5.25. The molecular weight excluding hydrogens is 390 g/mol. The van der Waals surface area contributed by atoms with Crippen molar-refractivity contribution in [1.82, 2.24) is 14.8 Å². The van der Waals surface area contributed by atoms with Gasteiger partial charge in [0.15, 0.2) is 0 Å². The Kier molecular flexibility index (Phi) is 5.49. The Balaban J connectivity index is 1.89. The number of anilines is 1. The van der Waals surface area contributed by atoms with Gasteiger partial charge >= 0.3 is 5.97 Å². The van der Waals surface area contributed by atoms with Gasteiger partial charge in [0.2, 0.25) is 5.91 Å². The number of amides is 1. The van der Waals surface area contributed by atoms with E-state index in [9.17, 15) is 9.59 Å². The van der Waals surface area contributed by atoms with Gasteiger partial charge in [-0.2, -0.15) is 5.26 Å². The SMILES string of the molecule is COC(=O)c1c(-c2ccccc2Cl)csc1NC(=O)Cn1cnc(C#N)n1. The number of aromatic nitrogens is 3. The van der Waals surface area contributed by atoms with Gasteiger partial charge in [-0.05, 0) is 6.07 Å². The molecule has 0 unspecified atom stereocenters. The van der Waals surface area contributed by atoms with E-state index in [1.54, 1.807) is 35.7 Å². The number of halogens is 1. The first kappa shape index (κ1) is 18.6. The molecule has 3 rings (SSSR count). The average Bonchev–Trinajstić information content (AvgIpc) is 3.28. The Hall–Kier alpha value is -3.22. The number of nitrogens with one attached hydrogen (secondary N) is 1. The summed E-state index contributed by atoms with van der Waals surface area (Å²) in [5.41, 5.74) is 1.45. The largest absolute Gasteiger partial charge is 0.465 e. The second kappa shape index (κ2) is 7.99. The van der Waals surface area contributed by atoms with Crippen LogP contribution in [0.15, 0.2) is 36.0 Å². The van der Waals surface area contributed by atoms with Crippen molar-refractivity contribution in [3.8, 4) is 17.2 Å². The zero-order valence-electron chi connectivity index (χ0n) is 14.0. The highest BCUT2D eigenvalue weighted by Gasteiger charge is 2.23. The molecule has 0 fully saturated rings. The number of ether oxygens (including phenoxy) is 1. The monoisotopic (exact) mass is 401 g/mol. The molecule has 27 heavy (non-hydrogen) atoms. The Morgan fingerprint density at radius 3 is 2.81 bits per heavy atom. The molecule has 1 aromatic carbocycles. The maximum absolute atomic E-state index is 12.3. The predicted molar refractivity (Wildman–Crippen MR) is 99.5 cm³/mol. The summed E-state index contributed by atoms with van der Waals surface area (Å²) in [5.74, 6) is -1.05. The molecule has 136 valence electrons. The number of hydrogen-bond acceptors (Lipinski definition) is 7. The van der Waals surface area contributed by atoms with E-state index in [0.717, 1.165) is 0 Å². The molecule has 0 aliphatic carbocycles. The van der Waals surface area contributed by atoms with Crippen LogP contribution in [0.1, 0.15) is 16.2 Å². The van der Waals surface area contributed by atoms with Crippen molar-refractivity contribution >= 4 is 39.8 Å². The van der Waals surface area contributed by atoms with Crippen LogP contribution >= 0.6 is 22.9 Å². The predicted octanol–water partition coefficient (Wildman–Crippen LogP) is 2.96. The smallest absolute Gasteiger partial charge is 0.341 e. The molecule has 3 aromatic rings. The van der Waals surface area contributed by atoms with Crippen LogP contribution in [-0.4, -0.2) is 33.8 Å². The Morgan fingerprint density at radius 2 is 2.15 bits per heavy atom. The van der Waals surface area contributed by atoms with Crippen LogP contribution in [0.25, 0.3) is 11.1 Å².